The summed E-state index contributed by atoms with van der Waals surface area (Å²) >= 11 is 0. The Morgan fingerprint density at radius 3 is 2.67 bits per heavy atom. The fourth-order valence-electron chi connectivity index (χ4n) is 3.16. The van der Waals surface area contributed by atoms with E-state index in [4.69, 9.17) is 9.47 Å². The van der Waals surface area contributed by atoms with Crippen molar-refractivity contribution in [2.75, 3.05) is 13.2 Å². The normalized spacial score (nSPS) is 28.9. The smallest absolute Gasteiger partial charge is 0.309 e. The third kappa shape index (κ3) is 2.87. The van der Waals surface area contributed by atoms with Crippen LogP contribution in [0.2, 0.25) is 0 Å². The van der Waals surface area contributed by atoms with Gasteiger partial charge in [0.2, 0.25) is 0 Å². The second-order valence-electron chi connectivity index (χ2n) is 5.92. The van der Waals surface area contributed by atoms with Gasteiger partial charge in [-0.2, -0.15) is 0 Å². The van der Waals surface area contributed by atoms with Gasteiger partial charge in [0, 0.05) is 12.5 Å². The Labute approximate surface area is 110 Å². The zero-order valence-electron chi connectivity index (χ0n) is 11.7. The summed E-state index contributed by atoms with van der Waals surface area (Å²) in [4.78, 5) is 12.1. The van der Waals surface area contributed by atoms with E-state index in [-0.39, 0.29) is 17.5 Å². The van der Waals surface area contributed by atoms with E-state index in [9.17, 15) is 4.79 Å². The topological polar surface area (TPSA) is 35.5 Å². The first-order valence-corrected chi connectivity index (χ1v) is 7.48. The van der Waals surface area contributed by atoms with Crippen molar-refractivity contribution in [1.29, 1.82) is 0 Å². The monoisotopic (exact) mass is 254 g/mol. The molecule has 1 heterocycles. The van der Waals surface area contributed by atoms with Crippen molar-refractivity contribution >= 4 is 5.97 Å². The largest absolute Gasteiger partial charge is 0.458 e. The SMILES string of the molecule is CCC(C)C(=O)OC1(C2CCOC2)CCCCC1. The number of carbonyl (C=O) groups excluding carboxylic acids is 1. The molecule has 0 bridgehead atoms. The highest BCUT2D eigenvalue weighted by molar-refractivity contribution is 5.72. The van der Waals surface area contributed by atoms with E-state index in [0.717, 1.165) is 38.9 Å². The van der Waals surface area contributed by atoms with E-state index in [2.05, 4.69) is 0 Å². The molecule has 2 fully saturated rings. The first-order valence-electron chi connectivity index (χ1n) is 7.48. The molecule has 3 heteroatoms. The summed E-state index contributed by atoms with van der Waals surface area (Å²) in [6.45, 7) is 5.60. The van der Waals surface area contributed by atoms with Gasteiger partial charge >= 0.3 is 5.97 Å². The molecule has 0 aromatic heterocycles. The predicted molar refractivity (Wildman–Crippen MR) is 70.3 cm³/mol. The Kier molecular flexibility index (Phi) is 4.66. The maximum absolute atomic E-state index is 12.1. The maximum atomic E-state index is 12.1. The number of hydrogen-bond donors (Lipinski definition) is 0. The van der Waals surface area contributed by atoms with Gasteiger partial charge in [-0.05, 0) is 38.5 Å². The van der Waals surface area contributed by atoms with Gasteiger partial charge in [0.25, 0.3) is 0 Å². The third-order valence-corrected chi connectivity index (χ3v) is 4.69. The lowest BCUT2D eigenvalue weighted by atomic mass is 9.75. The summed E-state index contributed by atoms with van der Waals surface area (Å²) in [5.41, 5.74) is -0.213. The molecular formula is C15H26O3. The number of esters is 1. The molecule has 1 aliphatic heterocycles. The van der Waals surface area contributed by atoms with E-state index in [1.54, 1.807) is 0 Å². The molecule has 0 aromatic carbocycles. The highest BCUT2D eigenvalue weighted by Crippen LogP contribution is 2.41. The summed E-state index contributed by atoms with van der Waals surface area (Å²) in [5, 5.41) is 0. The zero-order valence-corrected chi connectivity index (χ0v) is 11.7. The molecule has 0 aromatic rings. The number of hydrogen-bond acceptors (Lipinski definition) is 3. The molecule has 2 aliphatic rings. The molecule has 0 radical (unpaired) electrons. The molecule has 1 saturated heterocycles. The van der Waals surface area contributed by atoms with Crippen molar-refractivity contribution in [2.45, 2.75) is 64.4 Å². The molecule has 0 spiro atoms. The van der Waals surface area contributed by atoms with Crippen molar-refractivity contribution in [3.63, 3.8) is 0 Å². The Balaban J connectivity index is 2.06. The Bertz CT molecular complexity index is 275. The van der Waals surface area contributed by atoms with Gasteiger partial charge in [0.05, 0.1) is 12.5 Å². The molecular weight excluding hydrogens is 228 g/mol. The van der Waals surface area contributed by atoms with Crippen molar-refractivity contribution in [2.24, 2.45) is 11.8 Å². The lowest BCUT2D eigenvalue weighted by Crippen LogP contribution is -2.45. The van der Waals surface area contributed by atoms with Crippen LogP contribution in [-0.2, 0) is 14.3 Å². The van der Waals surface area contributed by atoms with E-state index in [1.807, 2.05) is 13.8 Å². The average molecular weight is 254 g/mol. The molecule has 0 N–H and O–H groups in total. The molecule has 2 unspecified atom stereocenters. The van der Waals surface area contributed by atoms with Crippen molar-refractivity contribution in [1.82, 2.24) is 0 Å². The molecule has 1 saturated carbocycles. The van der Waals surface area contributed by atoms with Crippen LogP contribution >= 0.6 is 0 Å². The van der Waals surface area contributed by atoms with Gasteiger partial charge in [-0.1, -0.05) is 20.3 Å². The Morgan fingerprint density at radius 2 is 2.11 bits per heavy atom. The quantitative estimate of drug-likeness (QED) is 0.722. The van der Waals surface area contributed by atoms with Crippen molar-refractivity contribution in [3.05, 3.63) is 0 Å². The first kappa shape index (κ1) is 13.9. The van der Waals surface area contributed by atoms with Crippen LogP contribution in [0.5, 0.6) is 0 Å². The summed E-state index contributed by atoms with van der Waals surface area (Å²) < 4.78 is 11.5. The third-order valence-electron chi connectivity index (χ3n) is 4.69. The van der Waals surface area contributed by atoms with Crippen molar-refractivity contribution < 1.29 is 14.3 Å². The molecule has 2 rings (SSSR count). The minimum Gasteiger partial charge on any atom is -0.458 e. The molecule has 1 aliphatic carbocycles. The summed E-state index contributed by atoms with van der Waals surface area (Å²) in [6.07, 6.45) is 7.61. The zero-order chi connectivity index (χ0) is 13.0. The van der Waals surface area contributed by atoms with Gasteiger partial charge in [-0.25, -0.2) is 0 Å². The van der Waals surface area contributed by atoms with E-state index in [0.29, 0.717) is 5.92 Å². The van der Waals surface area contributed by atoms with E-state index >= 15 is 0 Å². The standard InChI is InChI=1S/C15H26O3/c1-3-12(2)14(16)18-15(8-5-4-6-9-15)13-7-10-17-11-13/h12-13H,3-11H2,1-2H3. The van der Waals surface area contributed by atoms with Crippen LogP contribution in [0.3, 0.4) is 0 Å². The molecule has 2 atom stereocenters. The molecule has 104 valence electrons. The fraction of sp³-hybridized carbons (Fsp3) is 0.933. The first-order chi connectivity index (χ1) is 8.68. The van der Waals surface area contributed by atoms with Crippen LogP contribution in [0, 0.1) is 11.8 Å². The molecule has 0 amide bonds. The summed E-state index contributed by atoms with van der Waals surface area (Å²) in [5.74, 6) is 0.434. The number of ether oxygens (including phenoxy) is 2. The van der Waals surface area contributed by atoms with Gasteiger partial charge in [0.15, 0.2) is 0 Å². The Hall–Kier alpha value is -0.570. The maximum Gasteiger partial charge on any atom is 0.309 e. The number of carbonyl (C=O) groups is 1. The summed E-state index contributed by atoms with van der Waals surface area (Å²) in [7, 11) is 0. The average Bonchev–Trinajstić information content (AvgIpc) is 2.93. The van der Waals surface area contributed by atoms with Gasteiger partial charge in [-0.3, -0.25) is 4.79 Å². The highest BCUT2D eigenvalue weighted by Gasteiger charge is 2.45. The Morgan fingerprint density at radius 1 is 1.39 bits per heavy atom. The minimum atomic E-state index is -0.213. The lowest BCUT2D eigenvalue weighted by molar-refractivity contribution is -0.176. The van der Waals surface area contributed by atoms with Crippen LogP contribution < -0.4 is 0 Å². The number of rotatable bonds is 4. The van der Waals surface area contributed by atoms with Crippen LogP contribution in [-0.4, -0.2) is 24.8 Å². The molecule has 18 heavy (non-hydrogen) atoms. The lowest BCUT2D eigenvalue weighted by Gasteiger charge is -2.41. The second-order valence-corrected chi connectivity index (χ2v) is 5.92. The van der Waals surface area contributed by atoms with E-state index in [1.165, 1.54) is 19.3 Å². The second kappa shape index (κ2) is 6.05. The van der Waals surface area contributed by atoms with Crippen LogP contribution in [0.15, 0.2) is 0 Å². The van der Waals surface area contributed by atoms with Crippen LogP contribution in [0.1, 0.15) is 58.8 Å². The van der Waals surface area contributed by atoms with Crippen LogP contribution in [0.25, 0.3) is 0 Å². The summed E-state index contributed by atoms with van der Waals surface area (Å²) in [6, 6.07) is 0. The minimum absolute atomic E-state index is 0.00806. The van der Waals surface area contributed by atoms with Crippen molar-refractivity contribution in [3.8, 4) is 0 Å². The van der Waals surface area contributed by atoms with Gasteiger partial charge < -0.3 is 9.47 Å². The van der Waals surface area contributed by atoms with Crippen LogP contribution in [0.4, 0.5) is 0 Å². The predicted octanol–water partition coefficient (Wildman–Crippen LogP) is 3.32. The fourth-order valence-corrected chi connectivity index (χ4v) is 3.16. The molecule has 3 nitrogen and oxygen atoms in total. The van der Waals surface area contributed by atoms with Gasteiger partial charge in [0.1, 0.15) is 5.60 Å². The van der Waals surface area contributed by atoms with E-state index < -0.39 is 0 Å². The van der Waals surface area contributed by atoms with Gasteiger partial charge in [-0.15, -0.1) is 0 Å². The highest BCUT2D eigenvalue weighted by atomic mass is 16.6.